The van der Waals surface area contributed by atoms with Gasteiger partial charge >= 0.3 is 6.18 Å². The summed E-state index contributed by atoms with van der Waals surface area (Å²) in [5, 5.41) is 3.14. The molecule has 0 spiro atoms. The van der Waals surface area contributed by atoms with Gasteiger partial charge < -0.3 is 25.7 Å². The SMILES string of the molecule is NC1=NCC(C(F)(F)F)=C(c2c[nH]c3nc(N4CCOCC4)ccc23)N1. The molecule has 138 valence electrons. The number of halogens is 3. The Balaban J connectivity index is 1.76. The summed E-state index contributed by atoms with van der Waals surface area (Å²) in [5.41, 5.74) is 5.63. The smallest absolute Gasteiger partial charge is 0.378 e. The molecule has 0 bridgehead atoms. The summed E-state index contributed by atoms with van der Waals surface area (Å²) in [5.74, 6) is 0.720. The van der Waals surface area contributed by atoms with Gasteiger partial charge in [0.1, 0.15) is 11.5 Å². The number of nitrogens with one attached hydrogen (secondary N) is 2. The zero-order valence-corrected chi connectivity index (χ0v) is 13.7. The van der Waals surface area contributed by atoms with Gasteiger partial charge in [-0.1, -0.05) is 0 Å². The lowest BCUT2D eigenvalue weighted by molar-refractivity contribution is -0.0918. The van der Waals surface area contributed by atoms with Crippen molar-refractivity contribution in [2.45, 2.75) is 6.18 Å². The molecule has 26 heavy (non-hydrogen) atoms. The van der Waals surface area contributed by atoms with E-state index >= 15 is 0 Å². The average molecular weight is 366 g/mol. The molecule has 2 aliphatic rings. The molecule has 0 aliphatic carbocycles. The number of fused-ring (bicyclic) bond motifs is 1. The van der Waals surface area contributed by atoms with Crippen LogP contribution in [0.5, 0.6) is 0 Å². The largest absolute Gasteiger partial charge is 0.416 e. The van der Waals surface area contributed by atoms with Crippen LogP contribution in [0.1, 0.15) is 5.56 Å². The second-order valence-corrected chi connectivity index (χ2v) is 6.05. The fourth-order valence-electron chi connectivity index (χ4n) is 3.12. The Morgan fingerprint density at radius 3 is 2.69 bits per heavy atom. The van der Waals surface area contributed by atoms with Gasteiger partial charge in [-0.3, -0.25) is 0 Å². The molecule has 0 saturated carbocycles. The summed E-state index contributed by atoms with van der Waals surface area (Å²) in [6.45, 7) is 2.19. The molecule has 7 nitrogen and oxygen atoms in total. The highest BCUT2D eigenvalue weighted by atomic mass is 19.4. The van der Waals surface area contributed by atoms with Crippen LogP contribution in [0.15, 0.2) is 28.9 Å². The summed E-state index contributed by atoms with van der Waals surface area (Å²) in [4.78, 5) is 13.2. The molecule has 1 saturated heterocycles. The van der Waals surface area contributed by atoms with E-state index in [1.165, 1.54) is 6.20 Å². The van der Waals surface area contributed by atoms with Crippen molar-refractivity contribution in [2.24, 2.45) is 10.7 Å². The number of aromatic nitrogens is 2. The topological polar surface area (TPSA) is 91.6 Å². The van der Waals surface area contributed by atoms with Gasteiger partial charge in [0.2, 0.25) is 0 Å². The van der Waals surface area contributed by atoms with Gasteiger partial charge in [-0.05, 0) is 12.1 Å². The number of H-pyrrole nitrogens is 1. The summed E-state index contributed by atoms with van der Waals surface area (Å²) >= 11 is 0. The number of pyridine rings is 1. The zero-order valence-electron chi connectivity index (χ0n) is 13.7. The number of nitrogens with two attached hydrogens (primary N) is 1. The molecular formula is C16H17F3N6O. The van der Waals surface area contributed by atoms with Crippen LogP contribution >= 0.6 is 0 Å². The molecule has 0 atom stereocenters. The molecule has 4 rings (SSSR count). The molecule has 10 heteroatoms. The van der Waals surface area contributed by atoms with E-state index in [0.717, 1.165) is 18.9 Å². The third kappa shape index (κ3) is 2.96. The molecule has 2 aromatic rings. The van der Waals surface area contributed by atoms with Crippen LogP contribution in [0.3, 0.4) is 0 Å². The predicted octanol–water partition coefficient (Wildman–Crippen LogP) is 1.59. The molecule has 0 radical (unpaired) electrons. The molecular weight excluding hydrogens is 349 g/mol. The number of rotatable bonds is 2. The van der Waals surface area contributed by atoms with Crippen molar-refractivity contribution in [3.05, 3.63) is 29.5 Å². The Bertz CT molecular complexity index is 895. The van der Waals surface area contributed by atoms with E-state index in [-0.39, 0.29) is 11.7 Å². The van der Waals surface area contributed by atoms with Crippen LogP contribution in [0.25, 0.3) is 16.7 Å². The molecule has 0 amide bonds. The summed E-state index contributed by atoms with van der Waals surface area (Å²) in [6.07, 6.45) is -3.00. The van der Waals surface area contributed by atoms with E-state index < -0.39 is 18.3 Å². The molecule has 4 N–H and O–H groups in total. The Labute approximate surface area is 146 Å². The monoisotopic (exact) mass is 366 g/mol. The highest BCUT2D eigenvalue weighted by Gasteiger charge is 2.38. The first kappa shape index (κ1) is 16.7. The second-order valence-electron chi connectivity index (χ2n) is 6.05. The number of hydrogen-bond acceptors (Lipinski definition) is 6. The third-order valence-electron chi connectivity index (χ3n) is 4.43. The second kappa shape index (κ2) is 6.20. The van der Waals surface area contributed by atoms with E-state index in [1.54, 1.807) is 12.1 Å². The predicted molar refractivity (Wildman–Crippen MR) is 91.7 cm³/mol. The Morgan fingerprint density at radius 1 is 1.19 bits per heavy atom. The van der Waals surface area contributed by atoms with E-state index in [9.17, 15) is 13.2 Å². The molecule has 0 aromatic carbocycles. The first-order valence-electron chi connectivity index (χ1n) is 8.12. The van der Waals surface area contributed by atoms with E-state index in [1.807, 2.05) is 0 Å². The lowest BCUT2D eigenvalue weighted by Crippen LogP contribution is -2.37. The van der Waals surface area contributed by atoms with Crippen LogP contribution in [0, 0.1) is 0 Å². The summed E-state index contributed by atoms with van der Waals surface area (Å²) < 4.78 is 45.4. The molecule has 2 aliphatic heterocycles. The Hall–Kier alpha value is -2.75. The van der Waals surface area contributed by atoms with Crippen LogP contribution in [-0.4, -0.2) is 55.0 Å². The van der Waals surface area contributed by atoms with Crippen molar-refractivity contribution in [3.8, 4) is 0 Å². The number of hydrogen-bond donors (Lipinski definition) is 3. The number of aliphatic imine (C=N–C) groups is 1. The van der Waals surface area contributed by atoms with Crippen LogP contribution < -0.4 is 16.0 Å². The lowest BCUT2D eigenvalue weighted by atomic mass is 10.0. The van der Waals surface area contributed by atoms with Crippen LogP contribution in [0.2, 0.25) is 0 Å². The number of alkyl halides is 3. The standard InChI is InChI=1S/C16H17F3N6O/c17-16(18,19)11-8-22-15(20)24-13(11)10-7-21-14-9(10)1-2-12(23-14)25-3-5-26-6-4-25/h1-2,7H,3-6,8H2,(H,21,23)(H3,20,22,24). The van der Waals surface area contributed by atoms with E-state index in [2.05, 4.69) is 25.2 Å². The van der Waals surface area contributed by atoms with E-state index in [4.69, 9.17) is 10.5 Å². The average Bonchev–Trinajstić information content (AvgIpc) is 3.04. The maximum Gasteiger partial charge on any atom is 0.416 e. The first-order valence-corrected chi connectivity index (χ1v) is 8.12. The summed E-state index contributed by atoms with van der Waals surface area (Å²) in [6, 6.07) is 3.57. The van der Waals surface area contributed by atoms with Gasteiger partial charge in [-0.2, -0.15) is 13.2 Å². The van der Waals surface area contributed by atoms with Crippen molar-refractivity contribution in [2.75, 3.05) is 37.7 Å². The van der Waals surface area contributed by atoms with Gasteiger partial charge in [-0.15, -0.1) is 0 Å². The lowest BCUT2D eigenvalue weighted by Gasteiger charge is -2.27. The van der Waals surface area contributed by atoms with Gasteiger partial charge in [-0.25, -0.2) is 9.98 Å². The third-order valence-corrected chi connectivity index (χ3v) is 4.43. The van der Waals surface area contributed by atoms with Crippen molar-refractivity contribution >= 4 is 28.5 Å². The van der Waals surface area contributed by atoms with Gasteiger partial charge in [0, 0.05) is 30.2 Å². The molecule has 4 heterocycles. The number of aromatic amines is 1. The van der Waals surface area contributed by atoms with Crippen LogP contribution in [0.4, 0.5) is 19.0 Å². The van der Waals surface area contributed by atoms with Gasteiger partial charge in [0.25, 0.3) is 0 Å². The van der Waals surface area contributed by atoms with Crippen molar-refractivity contribution < 1.29 is 17.9 Å². The normalized spacial score (nSPS) is 18.9. The zero-order chi connectivity index (χ0) is 18.3. The van der Waals surface area contributed by atoms with Crippen molar-refractivity contribution in [1.29, 1.82) is 0 Å². The number of ether oxygens (including phenoxy) is 1. The highest BCUT2D eigenvalue weighted by molar-refractivity contribution is 5.98. The fourth-order valence-corrected chi connectivity index (χ4v) is 3.12. The van der Waals surface area contributed by atoms with Gasteiger partial charge in [0.15, 0.2) is 5.96 Å². The molecule has 2 aromatic heterocycles. The minimum absolute atomic E-state index is 0.0414. The number of anilines is 1. The minimum Gasteiger partial charge on any atom is -0.378 e. The van der Waals surface area contributed by atoms with Crippen molar-refractivity contribution in [3.63, 3.8) is 0 Å². The van der Waals surface area contributed by atoms with Crippen LogP contribution in [-0.2, 0) is 4.74 Å². The van der Waals surface area contributed by atoms with Gasteiger partial charge in [0.05, 0.1) is 31.0 Å². The Kier molecular flexibility index (Phi) is 3.98. The molecule has 1 fully saturated rings. The summed E-state index contributed by atoms with van der Waals surface area (Å²) in [7, 11) is 0. The number of guanidine groups is 1. The van der Waals surface area contributed by atoms with E-state index in [0.29, 0.717) is 29.8 Å². The minimum atomic E-state index is -4.50. The Morgan fingerprint density at radius 2 is 1.96 bits per heavy atom. The maximum absolute atomic E-state index is 13.4. The maximum atomic E-state index is 13.4. The number of morpholine rings is 1. The highest BCUT2D eigenvalue weighted by Crippen LogP contribution is 2.35. The fraction of sp³-hybridized carbons (Fsp3) is 0.375. The quantitative estimate of drug-likeness (QED) is 0.751. The van der Waals surface area contributed by atoms with Crippen molar-refractivity contribution in [1.82, 2.24) is 15.3 Å². The number of nitrogens with zero attached hydrogens (tertiary/aromatic N) is 3. The molecule has 0 unspecified atom stereocenters. The first-order chi connectivity index (χ1) is 12.4.